The summed E-state index contributed by atoms with van der Waals surface area (Å²) in [4.78, 5) is 10.5. The van der Waals surface area contributed by atoms with Crippen molar-refractivity contribution in [1.82, 2.24) is 0 Å². The van der Waals surface area contributed by atoms with Gasteiger partial charge in [0.2, 0.25) is 0 Å². The van der Waals surface area contributed by atoms with Gasteiger partial charge in [-0.3, -0.25) is 10.1 Å². The lowest BCUT2D eigenvalue weighted by Gasteiger charge is -2.12. The van der Waals surface area contributed by atoms with E-state index in [1.807, 2.05) is 0 Å². The molecule has 2 aromatic rings. The molecule has 6 heteroatoms. The van der Waals surface area contributed by atoms with Crippen LogP contribution in [-0.2, 0) is 6.42 Å². The second-order valence-electron chi connectivity index (χ2n) is 4.45. The third-order valence-electron chi connectivity index (χ3n) is 3.12. The smallest absolute Gasteiger partial charge is 0.272 e. The SMILES string of the molecule is COc1cc(C(Cl)Cc2ccccc2[N+](=O)[O-])ccc1F. The molecule has 0 fully saturated rings. The normalized spacial score (nSPS) is 12.0. The van der Waals surface area contributed by atoms with Crippen molar-refractivity contribution in [2.75, 3.05) is 7.11 Å². The Morgan fingerprint density at radius 2 is 2.05 bits per heavy atom. The highest BCUT2D eigenvalue weighted by Gasteiger charge is 2.18. The van der Waals surface area contributed by atoms with Gasteiger partial charge in [-0.05, 0) is 24.1 Å². The van der Waals surface area contributed by atoms with Gasteiger partial charge >= 0.3 is 0 Å². The van der Waals surface area contributed by atoms with Gasteiger partial charge in [-0.15, -0.1) is 11.6 Å². The van der Waals surface area contributed by atoms with Crippen LogP contribution in [0.15, 0.2) is 42.5 Å². The van der Waals surface area contributed by atoms with Crippen molar-refractivity contribution in [3.63, 3.8) is 0 Å². The fraction of sp³-hybridized carbons (Fsp3) is 0.200. The first-order chi connectivity index (χ1) is 10.0. The highest BCUT2D eigenvalue weighted by molar-refractivity contribution is 6.21. The number of hydrogen-bond acceptors (Lipinski definition) is 3. The molecule has 110 valence electrons. The quantitative estimate of drug-likeness (QED) is 0.471. The predicted molar refractivity (Wildman–Crippen MR) is 78.3 cm³/mol. The number of rotatable bonds is 5. The van der Waals surface area contributed by atoms with Gasteiger partial charge in [-0.25, -0.2) is 4.39 Å². The number of nitrogens with zero attached hydrogens (tertiary/aromatic N) is 1. The van der Waals surface area contributed by atoms with Crippen molar-refractivity contribution >= 4 is 17.3 Å². The van der Waals surface area contributed by atoms with Crippen LogP contribution in [0.25, 0.3) is 0 Å². The summed E-state index contributed by atoms with van der Waals surface area (Å²) in [5.74, 6) is -0.378. The number of para-hydroxylation sites is 1. The fourth-order valence-corrected chi connectivity index (χ4v) is 2.35. The number of ether oxygens (including phenoxy) is 1. The third kappa shape index (κ3) is 3.49. The second-order valence-corrected chi connectivity index (χ2v) is 4.98. The zero-order valence-electron chi connectivity index (χ0n) is 11.3. The maximum Gasteiger partial charge on any atom is 0.272 e. The molecule has 0 aliphatic rings. The first kappa shape index (κ1) is 15.3. The minimum atomic E-state index is -0.513. The topological polar surface area (TPSA) is 52.4 Å². The Balaban J connectivity index is 2.26. The van der Waals surface area contributed by atoms with Gasteiger partial charge in [0.25, 0.3) is 5.69 Å². The number of hydrogen-bond donors (Lipinski definition) is 0. The summed E-state index contributed by atoms with van der Waals surface area (Å²) in [5, 5.41) is 10.5. The van der Waals surface area contributed by atoms with E-state index in [4.69, 9.17) is 16.3 Å². The lowest BCUT2D eigenvalue weighted by atomic mass is 10.0. The Kier molecular flexibility index (Phi) is 4.75. The number of nitro groups is 1. The van der Waals surface area contributed by atoms with Crippen LogP contribution < -0.4 is 4.74 Å². The van der Waals surface area contributed by atoms with Gasteiger partial charge in [-0.1, -0.05) is 24.3 Å². The second kappa shape index (κ2) is 6.54. The first-order valence-electron chi connectivity index (χ1n) is 6.22. The molecule has 0 aliphatic carbocycles. The predicted octanol–water partition coefficient (Wildman–Crippen LogP) is 4.27. The van der Waals surface area contributed by atoms with Crippen LogP contribution in [0.4, 0.5) is 10.1 Å². The number of benzene rings is 2. The zero-order valence-corrected chi connectivity index (χ0v) is 12.0. The van der Waals surface area contributed by atoms with Crippen molar-refractivity contribution in [1.29, 1.82) is 0 Å². The van der Waals surface area contributed by atoms with Crippen molar-refractivity contribution in [2.45, 2.75) is 11.8 Å². The number of methoxy groups -OCH3 is 1. The van der Waals surface area contributed by atoms with Crippen LogP contribution in [0.5, 0.6) is 5.75 Å². The standard InChI is InChI=1S/C15H13ClFNO3/c1-21-15-9-10(6-7-13(15)17)12(16)8-11-4-2-3-5-14(11)18(19)20/h2-7,9,12H,8H2,1H3. The third-order valence-corrected chi connectivity index (χ3v) is 3.53. The molecule has 2 aromatic carbocycles. The van der Waals surface area contributed by atoms with E-state index in [0.717, 1.165) is 0 Å². The lowest BCUT2D eigenvalue weighted by molar-refractivity contribution is -0.385. The molecule has 0 radical (unpaired) electrons. The molecule has 0 heterocycles. The minimum absolute atomic E-state index is 0.0252. The molecule has 0 saturated carbocycles. The molecule has 0 bridgehead atoms. The van der Waals surface area contributed by atoms with Crippen LogP contribution in [0.3, 0.4) is 0 Å². The van der Waals surface area contributed by atoms with Gasteiger partial charge in [0.15, 0.2) is 11.6 Å². The molecule has 21 heavy (non-hydrogen) atoms. The maximum absolute atomic E-state index is 13.4. The summed E-state index contributed by atoms with van der Waals surface area (Å²) in [7, 11) is 1.37. The molecular weight excluding hydrogens is 297 g/mol. The van der Waals surface area contributed by atoms with Gasteiger partial charge in [0, 0.05) is 11.6 Å². The van der Waals surface area contributed by atoms with E-state index in [0.29, 0.717) is 11.1 Å². The number of nitro benzene ring substituents is 1. The first-order valence-corrected chi connectivity index (χ1v) is 6.66. The van der Waals surface area contributed by atoms with Crippen molar-refractivity contribution in [2.24, 2.45) is 0 Å². The molecular formula is C15H13ClFNO3. The Bertz CT molecular complexity index is 663. The van der Waals surface area contributed by atoms with Gasteiger partial charge in [0.1, 0.15) is 0 Å². The highest BCUT2D eigenvalue weighted by atomic mass is 35.5. The van der Waals surface area contributed by atoms with Crippen molar-refractivity contribution < 1.29 is 14.1 Å². The molecule has 0 aromatic heterocycles. The average molecular weight is 310 g/mol. The molecule has 0 spiro atoms. The van der Waals surface area contributed by atoms with Crippen LogP contribution in [-0.4, -0.2) is 12.0 Å². The van der Waals surface area contributed by atoms with E-state index >= 15 is 0 Å². The van der Waals surface area contributed by atoms with E-state index in [-0.39, 0.29) is 17.9 Å². The molecule has 0 aliphatic heterocycles. The van der Waals surface area contributed by atoms with Crippen LogP contribution >= 0.6 is 11.6 Å². The van der Waals surface area contributed by atoms with Gasteiger partial charge in [-0.2, -0.15) is 0 Å². The Morgan fingerprint density at radius 3 is 2.71 bits per heavy atom. The molecule has 1 atom stereocenters. The fourth-order valence-electron chi connectivity index (χ4n) is 2.04. The zero-order chi connectivity index (χ0) is 15.4. The largest absolute Gasteiger partial charge is 0.494 e. The van der Waals surface area contributed by atoms with Crippen molar-refractivity contribution in [3.05, 3.63) is 69.5 Å². The molecule has 0 saturated heterocycles. The number of halogens is 2. The average Bonchev–Trinajstić information content (AvgIpc) is 2.48. The lowest BCUT2D eigenvalue weighted by Crippen LogP contribution is -2.01. The minimum Gasteiger partial charge on any atom is -0.494 e. The highest BCUT2D eigenvalue weighted by Crippen LogP contribution is 2.31. The molecule has 0 N–H and O–H groups in total. The summed E-state index contributed by atoms with van der Waals surface area (Å²) in [6, 6.07) is 10.7. The maximum atomic E-state index is 13.4. The summed E-state index contributed by atoms with van der Waals surface area (Å²) in [6.45, 7) is 0. The molecule has 1 unspecified atom stereocenters. The summed E-state index contributed by atoms with van der Waals surface area (Å²) >= 11 is 6.30. The van der Waals surface area contributed by atoms with E-state index in [1.165, 1.54) is 25.3 Å². The van der Waals surface area contributed by atoms with Crippen LogP contribution in [0, 0.1) is 15.9 Å². The summed E-state index contributed by atoms with van der Waals surface area (Å²) < 4.78 is 18.3. The summed E-state index contributed by atoms with van der Waals surface area (Å²) in [6.07, 6.45) is 0.271. The Labute approximate surface area is 126 Å². The van der Waals surface area contributed by atoms with E-state index in [1.54, 1.807) is 24.3 Å². The summed E-state index contributed by atoms with van der Waals surface area (Å²) in [5.41, 5.74) is 1.20. The van der Waals surface area contributed by atoms with E-state index < -0.39 is 16.1 Å². The van der Waals surface area contributed by atoms with Crippen molar-refractivity contribution in [3.8, 4) is 5.75 Å². The van der Waals surface area contributed by atoms with E-state index in [9.17, 15) is 14.5 Å². The van der Waals surface area contributed by atoms with E-state index in [2.05, 4.69) is 0 Å². The Hall–Kier alpha value is -2.14. The molecule has 2 rings (SSSR count). The van der Waals surface area contributed by atoms with Gasteiger partial charge < -0.3 is 4.74 Å². The van der Waals surface area contributed by atoms with Crippen LogP contribution in [0.2, 0.25) is 0 Å². The van der Waals surface area contributed by atoms with Gasteiger partial charge in [0.05, 0.1) is 17.4 Å². The number of alkyl halides is 1. The van der Waals surface area contributed by atoms with Crippen LogP contribution in [0.1, 0.15) is 16.5 Å². The molecule has 4 nitrogen and oxygen atoms in total. The monoisotopic (exact) mass is 309 g/mol. The Morgan fingerprint density at radius 1 is 1.33 bits per heavy atom. The molecule has 0 amide bonds.